The average Bonchev–Trinajstić information content (AvgIpc) is 2.99. The third-order valence-electron chi connectivity index (χ3n) is 4.56. The molecule has 0 N–H and O–H groups in total. The van der Waals surface area contributed by atoms with Crippen molar-refractivity contribution < 1.29 is 4.74 Å². The van der Waals surface area contributed by atoms with E-state index >= 15 is 0 Å². The SMILES string of the molecule is COc1ccc2c(ccc3c2ccc2c4ccccc4sc23)c1. The van der Waals surface area contributed by atoms with Crippen molar-refractivity contribution >= 4 is 53.1 Å². The van der Waals surface area contributed by atoms with E-state index in [1.54, 1.807) is 7.11 Å². The van der Waals surface area contributed by atoms with Gasteiger partial charge in [-0.1, -0.05) is 48.5 Å². The summed E-state index contributed by atoms with van der Waals surface area (Å²) in [4.78, 5) is 0. The fourth-order valence-corrected chi connectivity index (χ4v) is 4.66. The Hall–Kier alpha value is -2.58. The van der Waals surface area contributed by atoms with Crippen LogP contribution >= 0.6 is 11.3 Å². The summed E-state index contributed by atoms with van der Waals surface area (Å²) in [7, 11) is 1.71. The first kappa shape index (κ1) is 12.9. The monoisotopic (exact) mass is 314 g/mol. The van der Waals surface area contributed by atoms with E-state index in [0.29, 0.717) is 0 Å². The van der Waals surface area contributed by atoms with E-state index in [2.05, 4.69) is 60.7 Å². The highest BCUT2D eigenvalue weighted by molar-refractivity contribution is 7.26. The van der Waals surface area contributed by atoms with E-state index in [1.165, 1.54) is 41.7 Å². The van der Waals surface area contributed by atoms with E-state index in [1.807, 2.05) is 17.4 Å². The molecule has 0 aliphatic rings. The Bertz CT molecular complexity index is 1200. The van der Waals surface area contributed by atoms with Crippen LogP contribution < -0.4 is 4.74 Å². The summed E-state index contributed by atoms with van der Waals surface area (Å²) in [6.45, 7) is 0. The van der Waals surface area contributed by atoms with Crippen LogP contribution in [0.2, 0.25) is 0 Å². The number of ether oxygens (including phenoxy) is 1. The number of fused-ring (bicyclic) bond motifs is 7. The van der Waals surface area contributed by atoms with Crippen LogP contribution in [0.25, 0.3) is 41.7 Å². The van der Waals surface area contributed by atoms with Gasteiger partial charge < -0.3 is 4.74 Å². The number of hydrogen-bond acceptors (Lipinski definition) is 2. The lowest BCUT2D eigenvalue weighted by atomic mass is 10.00. The molecule has 0 unspecified atom stereocenters. The molecule has 0 saturated carbocycles. The molecule has 2 heteroatoms. The molecule has 0 atom stereocenters. The topological polar surface area (TPSA) is 9.23 Å². The summed E-state index contributed by atoms with van der Waals surface area (Å²) in [6, 6.07) is 23.9. The quantitative estimate of drug-likeness (QED) is 0.327. The Balaban J connectivity index is 1.96. The van der Waals surface area contributed by atoms with Gasteiger partial charge in [-0.3, -0.25) is 0 Å². The lowest BCUT2D eigenvalue weighted by Gasteiger charge is -2.07. The molecule has 0 bridgehead atoms. The zero-order valence-corrected chi connectivity index (χ0v) is 13.5. The van der Waals surface area contributed by atoms with Gasteiger partial charge in [0, 0.05) is 25.6 Å². The minimum atomic E-state index is 0.903. The second kappa shape index (κ2) is 4.71. The van der Waals surface area contributed by atoms with E-state index in [0.717, 1.165) is 5.75 Å². The fraction of sp³-hybridized carbons (Fsp3) is 0.0476. The van der Waals surface area contributed by atoms with Crippen molar-refractivity contribution in [3.8, 4) is 5.75 Å². The minimum Gasteiger partial charge on any atom is -0.497 e. The molecule has 0 saturated heterocycles. The van der Waals surface area contributed by atoms with E-state index in [4.69, 9.17) is 4.74 Å². The van der Waals surface area contributed by atoms with Crippen molar-refractivity contribution in [1.29, 1.82) is 0 Å². The van der Waals surface area contributed by atoms with Gasteiger partial charge in [-0.2, -0.15) is 0 Å². The van der Waals surface area contributed by atoms with Gasteiger partial charge in [0.05, 0.1) is 7.11 Å². The van der Waals surface area contributed by atoms with Crippen molar-refractivity contribution in [3.05, 3.63) is 66.7 Å². The number of hydrogen-bond donors (Lipinski definition) is 0. The van der Waals surface area contributed by atoms with Crippen molar-refractivity contribution in [2.75, 3.05) is 7.11 Å². The molecule has 110 valence electrons. The van der Waals surface area contributed by atoms with Crippen LogP contribution in [-0.4, -0.2) is 7.11 Å². The highest BCUT2D eigenvalue weighted by Gasteiger charge is 2.10. The molecule has 0 fully saturated rings. The smallest absolute Gasteiger partial charge is 0.119 e. The molecule has 0 spiro atoms. The van der Waals surface area contributed by atoms with Crippen LogP contribution in [0.3, 0.4) is 0 Å². The highest BCUT2D eigenvalue weighted by atomic mass is 32.1. The molecule has 0 radical (unpaired) electrons. The number of methoxy groups -OCH3 is 1. The molecule has 1 aromatic heterocycles. The van der Waals surface area contributed by atoms with Gasteiger partial charge in [-0.05, 0) is 34.4 Å². The van der Waals surface area contributed by atoms with Crippen molar-refractivity contribution in [3.63, 3.8) is 0 Å². The molecule has 1 nitrogen and oxygen atoms in total. The van der Waals surface area contributed by atoms with E-state index in [-0.39, 0.29) is 0 Å². The first-order valence-corrected chi connectivity index (χ1v) is 8.47. The van der Waals surface area contributed by atoms with Crippen LogP contribution in [0, 0.1) is 0 Å². The van der Waals surface area contributed by atoms with E-state index in [9.17, 15) is 0 Å². The molecule has 1 heterocycles. The molecular weight excluding hydrogens is 300 g/mol. The maximum Gasteiger partial charge on any atom is 0.119 e. The molecule has 0 aliphatic carbocycles. The molecular formula is C21H14OS. The second-order valence-corrected chi connectivity index (χ2v) is 6.84. The normalized spacial score (nSPS) is 11.7. The van der Waals surface area contributed by atoms with Crippen molar-refractivity contribution in [2.45, 2.75) is 0 Å². The first-order chi connectivity index (χ1) is 11.3. The Labute approximate surface area is 137 Å². The number of rotatable bonds is 1. The summed E-state index contributed by atoms with van der Waals surface area (Å²) < 4.78 is 8.07. The molecule has 0 aliphatic heterocycles. The Morgan fingerprint density at radius 3 is 2.35 bits per heavy atom. The maximum atomic E-state index is 5.35. The first-order valence-electron chi connectivity index (χ1n) is 7.66. The van der Waals surface area contributed by atoms with Crippen LogP contribution in [0.4, 0.5) is 0 Å². The number of benzene rings is 4. The third kappa shape index (κ3) is 1.79. The zero-order chi connectivity index (χ0) is 15.4. The van der Waals surface area contributed by atoms with Crippen molar-refractivity contribution in [1.82, 2.24) is 0 Å². The Morgan fingerprint density at radius 1 is 0.696 bits per heavy atom. The summed E-state index contributed by atoms with van der Waals surface area (Å²) in [5.41, 5.74) is 0. The third-order valence-corrected chi connectivity index (χ3v) is 5.78. The largest absolute Gasteiger partial charge is 0.497 e. The van der Waals surface area contributed by atoms with Gasteiger partial charge in [0.15, 0.2) is 0 Å². The van der Waals surface area contributed by atoms with Crippen LogP contribution in [0.15, 0.2) is 66.7 Å². The summed E-state index contributed by atoms with van der Waals surface area (Å²) in [5.74, 6) is 0.903. The molecule has 5 rings (SSSR count). The van der Waals surface area contributed by atoms with Crippen LogP contribution in [-0.2, 0) is 0 Å². The summed E-state index contributed by atoms with van der Waals surface area (Å²) in [5, 5.41) is 7.85. The molecule has 4 aromatic carbocycles. The van der Waals surface area contributed by atoms with Gasteiger partial charge >= 0.3 is 0 Å². The minimum absolute atomic E-state index is 0.903. The number of thiophene rings is 1. The van der Waals surface area contributed by atoms with Gasteiger partial charge in [-0.15, -0.1) is 11.3 Å². The summed E-state index contributed by atoms with van der Waals surface area (Å²) >= 11 is 1.88. The van der Waals surface area contributed by atoms with Gasteiger partial charge in [-0.25, -0.2) is 0 Å². The van der Waals surface area contributed by atoms with Gasteiger partial charge in [0.1, 0.15) is 5.75 Å². The zero-order valence-electron chi connectivity index (χ0n) is 12.7. The fourth-order valence-electron chi connectivity index (χ4n) is 3.43. The highest BCUT2D eigenvalue weighted by Crippen LogP contribution is 2.40. The predicted molar refractivity (Wildman–Crippen MR) is 101 cm³/mol. The molecule has 0 amide bonds. The Kier molecular flexibility index (Phi) is 2.64. The second-order valence-electron chi connectivity index (χ2n) is 5.79. The van der Waals surface area contributed by atoms with Crippen LogP contribution in [0.5, 0.6) is 5.75 Å². The van der Waals surface area contributed by atoms with Gasteiger partial charge in [0.2, 0.25) is 0 Å². The average molecular weight is 314 g/mol. The maximum absolute atomic E-state index is 5.35. The van der Waals surface area contributed by atoms with E-state index < -0.39 is 0 Å². The molecule has 5 aromatic rings. The predicted octanol–water partition coefficient (Wildman–Crippen LogP) is 6.37. The summed E-state index contributed by atoms with van der Waals surface area (Å²) in [6.07, 6.45) is 0. The van der Waals surface area contributed by atoms with Gasteiger partial charge in [0.25, 0.3) is 0 Å². The Morgan fingerprint density at radius 2 is 1.43 bits per heavy atom. The standard InChI is InChI=1S/C21H14OS/c1-22-14-7-9-15-13(12-14)6-8-18-16(15)10-11-19-17-4-2-3-5-20(17)23-21(18)19/h2-12H,1H3. The lowest BCUT2D eigenvalue weighted by molar-refractivity contribution is 0.415. The lowest BCUT2D eigenvalue weighted by Crippen LogP contribution is -1.83. The van der Waals surface area contributed by atoms with Crippen LogP contribution in [0.1, 0.15) is 0 Å². The molecule has 23 heavy (non-hydrogen) atoms. The van der Waals surface area contributed by atoms with Crippen molar-refractivity contribution in [2.24, 2.45) is 0 Å².